The summed E-state index contributed by atoms with van der Waals surface area (Å²) < 4.78 is 9.04. The third-order valence-corrected chi connectivity index (χ3v) is 1.11. The summed E-state index contributed by atoms with van der Waals surface area (Å²) in [7, 11) is 0. The molecule has 0 spiro atoms. The van der Waals surface area contributed by atoms with Crippen molar-refractivity contribution in [2.24, 2.45) is 0 Å². The van der Waals surface area contributed by atoms with Crippen molar-refractivity contribution in [1.82, 2.24) is 0 Å². The Morgan fingerprint density at radius 2 is 2.30 bits per heavy atom. The van der Waals surface area contributed by atoms with Gasteiger partial charge in [0.15, 0.2) is 0 Å². The Morgan fingerprint density at radius 1 is 1.70 bits per heavy atom. The van der Waals surface area contributed by atoms with Crippen LogP contribution in [0.25, 0.3) is 0 Å². The normalized spacial score (nSPS) is 9.60. The summed E-state index contributed by atoms with van der Waals surface area (Å²) in [6.45, 7) is 3.49. The van der Waals surface area contributed by atoms with Crippen molar-refractivity contribution < 1.29 is 13.7 Å². The third-order valence-electron chi connectivity index (χ3n) is 0.503. The van der Waals surface area contributed by atoms with E-state index in [0.29, 0.717) is 0 Å². The Balaban J connectivity index is 3.26. The van der Waals surface area contributed by atoms with Crippen LogP contribution in [0.15, 0.2) is 0 Å². The van der Waals surface area contributed by atoms with Crippen molar-refractivity contribution in [1.29, 1.82) is 0 Å². The zero-order chi connectivity index (χ0) is 7.98. The molecule has 0 amide bonds. The van der Waals surface area contributed by atoms with Gasteiger partial charge in [-0.3, -0.25) is 0 Å². The summed E-state index contributed by atoms with van der Waals surface area (Å²) in [5.41, 5.74) is 0. The van der Waals surface area contributed by atoms with Crippen molar-refractivity contribution in [3.05, 3.63) is 0 Å². The van der Waals surface area contributed by atoms with Crippen molar-refractivity contribution in [3.63, 3.8) is 0 Å². The summed E-state index contributed by atoms with van der Waals surface area (Å²) in [5, 5.41) is 0.215. The van der Waals surface area contributed by atoms with E-state index in [0.717, 1.165) is 12.0 Å². The van der Waals surface area contributed by atoms with E-state index < -0.39 is 6.16 Å². The van der Waals surface area contributed by atoms with Crippen LogP contribution < -0.4 is 0 Å². The van der Waals surface area contributed by atoms with Crippen LogP contribution in [0, 0.1) is 0 Å². The molecule has 0 atom stereocenters. The van der Waals surface area contributed by atoms with Crippen LogP contribution in [-0.2, 0) is 8.92 Å². The lowest BCUT2D eigenvalue weighted by molar-refractivity contribution is 0.0792. The van der Waals surface area contributed by atoms with E-state index in [9.17, 15) is 4.79 Å². The number of halogens is 1. The highest BCUT2D eigenvalue weighted by atomic mass is 35.5. The summed E-state index contributed by atoms with van der Waals surface area (Å²) in [4.78, 5) is 10.5. The van der Waals surface area contributed by atoms with Gasteiger partial charge >= 0.3 is 6.16 Å². The van der Waals surface area contributed by atoms with Gasteiger partial charge in [0, 0.05) is 0 Å². The number of alkyl halides is 1. The minimum absolute atomic E-state index is 0.150. The Bertz CT molecular complexity index is 107. The van der Waals surface area contributed by atoms with Gasteiger partial charge in [-0.2, -0.15) is 0 Å². The van der Waals surface area contributed by atoms with Gasteiger partial charge in [-0.25, -0.2) is 4.79 Å². The Hall–Kier alpha value is -0.0900. The molecule has 0 heterocycles. The van der Waals surface area contributed by atoms with Crippen LogP contribution in [0.2, 0.25) is 0 Å². The highest BCUT2D eigenvalue weighted by Crippen LogP contribution is 2.06. The van der Waals surface area contributed by atoms with Crippen molar-refractivity contribution in [3.8, 4) is 0 Å². The zero-order valence-corrected chi connectivity index (χ0v) is 7.37. The molecule has 0 aliphatic heterocycles. The van der Waals surface area contributed by atoms with Crippen molar-refractivity contribution >= 4 is 29.8 Å². The second-order valence-corrected chi connectivity index (χ2v) is 3.00. The highest BCUT2D eigenvalue weighted by Gasteiger charge is 2.05. The summed E-state index contributed by atoms with van der Waals surface area (Å²) >= 11 is 6.06. The van der Waals surface area contributed by atoms with Gasteiger partial charge in [0.2, 0.25) is 0 Å². The van der Waals surface area contributed by atoms with Crippen LogP contribution in [0.1, 0.15) is 13.8 Å². The molecule has 5 heteroatoms. The minimum Gasteiger partial charge on any atom is -0.431 e. The van der Waals surface area contributed by atoms with E-state index in [1.807, 2.05) is 0 Å². The smallest absolute Gasteiger partial charge is 0.431 e. The Labute approximate surface area is 69.2 Å². The fourth-order valence-corrected chi connectivity index (χ4v) is 0.596. The fraction of sp³-hybridized carbons (Fsp3) is 0.800. The second-order valence-electron chi connectivity index (χ2n) is 1.73. The van der Waals surface area contributed by atoms with Gasteiger partial charge in [0.05, 0.1) is 18.1 Å². The summed E-state index contributed by atoms with van der Waals surface area (Å²) in [6.07, 6.45) is -0.843. The van der Waals surface area contributed by atoms with Gasteiger partial charge < -0.3 is 8.92 Å². The molecule has 0 N–H and O–H groups in total. The van der Waals surface area contributed by atoms with E-state index in [4.69, 9.17) is 11.6 Å². The first kappa shape index (κ1) is 9.91. The maximum Gasteiger partial charge on any atom is 0.521 e. The molecule has 0 aliphatic carbocycles. The van der Waals surface area contributed by atoms with E-state index in [1.165, 1.54) is 0 Å². The molecule has 10 heavy (non-hydrogen) atoms. The standard InChI is InChI=1S/C5H9ClO3S/c1-4(2)8-5(7)9-10-3-6/h4H,3H2,1-2H3. The van der Waals surface area contributed by atoms with Crippen LogP contribution in [0.4, 0.5) is 4.79 Å². The lowest BCUT2D eigenvalue weighted by atomic mass is 10.5. The molecular weight excluding hydrogens is 176 g/mol. The van der Waals surface area contributed by atoms with Gasteiger partial charge in [0.25, 0.3) is 0 Å². The molecule has 0 aromatic rings. The van der Waals surface area contributed by atoms with Crippen LogP contribution in [-0.4, -0.2) is 17.5 Å². The molecule has 0 aromatic carbocycles. The molecule has 0 bridgehead atoms. The quantitative estimate of drug-likeness (QED) is 0.383. The molecule has 0 saturated carbocycles. The first-order valence-corrected chi connectivity index (χ1v) is 4.17. The van der Waals surface area contributed by atoms with Crippen molar-refractivity contribution in [2.75, 3.05) is 5.21 Å². The topological polar surface area (TPSA) is 35.5 Å². The summed E-state index contributed by atoms with van der Waals surface area (Å²) in [5.74, 6) is 0. The van der Waals surface area contributed by atoms with E-state index in [-0.39, 0.29) is 11.3 Å². The largest absolute Gasteiger partial charge is 0.521 e. The fourth-order valence-electron chi connectivity index (χ4n) is 0.282. The lowest BCUT2D eigenvalue weighted by Gasteiger charge is -2.05. The van der Waals surface area contributed by atoms with Crippen molar-refractivity contribution in [2.45, 2.75) is 20.0 Å². The molecule has 0 saturated heterocycles. The Morgan fingerprint density at radius 3 is 2.70 bits per heavy atom. The molecule has 0 fully saturated rings. The van der Waals surface area contributed by atoms with Gasteiger partial charge in [-0.1, -0.05) is 0 Å². The first-order valence-electron chi connectivity index (χ1n) is 2.73. The van der Waals surface area contributed by atoms with E-state index >= 15 is 0 Å². The van der Waals surface area contributed by atoms with Gasteiger partial charge in [0.1, 0.15) is 5.21 Å². The minimum atomic E-state index is -0.694. The van der Waals surface area contributed by atoms with Gasteiger partial charge in [-0.15, -0.1) is 11.6 Å². The average molecular weight is 185 g/mol. The van der Waals surface area contributed by atoms with Crippen LogP contribution >= 0.6 is 23.6 Å². The van der Waals surface area contributed by atoms with Crippen LogP contribution in [0.3, 0.4) is 0 Å². The first-order chi connectivity index (χ1) is 4.66. The molecule has 0 radical (unpaired) electrons. The van der Waals surface area contributed by atoms with E-state index in [1.54, 1.807) is 13.8 Å². The number of ether oxygens (including phenoxy) is 1. The number of rotatable bonds is 3. The molecule has 3 nitrogen and oxygen atoms in total. The maximum atomic E-state index is 10.5. The molecular formula is C5H9ClO3S. The lowest BCUT2D eigenvalue weighted by Crippen LogP contribution is -2.09. The maximum absolute atomic E-state index is 10.5. The number of carbonyl (C=O) groups is 1. The number of carbonyl (C=O) groups excluding carboxylic acids is 1. The molecule has 0 rings (SSSR count). The van der Waals surface area contributed by atoms with E-state index in [2.05, 4.69) is 8.92 Å². The molecule has 0 aliphatic rings. The molecule has 0 unspecified atom stereocenters. The average Bonchev–Trinajstić information content (AvgIpc) is 1.82. The SMILES string of the molecule is CC(C)OC(=O)OSCCl. The predicted octanol–water partition coefficient (Wildman–Crippen LogP) is 2.39. The monoisotopic (exact) mass is 184 g/mol. The molecule has 0 aromatic heterocycles. The predicted molar refractivity (Wildman–Crippen MR) is 41.0 cm³/mol. The van der Waals surface area contributed by atoms with Gasteiger partial charge in [-0.05, 0) is 13.8 Å². The third kappa shape index (κ3) is 6.04. The summed E-state index contributed by atoms with van der Waals surface area (Å²) in [6, 6.07) is 0. The second kappa shape index (κ2) is 5.68. The highest BCUT2D eigenvalue weighted by molar-refractivity contribution is 7.96. The zero-order valence-electron chi connectivity index (χ0n) is 5.80. The molecule has 60 valence electrons. The number of hydrogen-bond donors (Lipinski definition) is 0. The number of hydrogen-bond acceptors (Lipinski definition) is 4. The Kier molecular flexibility index (Phi) is 5.63. The van der Waals surface area contributed by atoms with Crippen LogP contribution in [0.5, 0.6) is 0 Å².